The Morgan fingerprint density at radius 3 is 2.48 bits per heavy atom. The van der Waals surface area contributed by atoms with E-state index in [9.17, 15) is 23.6 Å². The summed E-state index contributed by atoms with van der Waals surface area (Å²) < 4.78 is 18.2. The molecule has 1 N–H and O–H groups in total. The second kappa shape index (κ2) is 9.77. The number of halogens is 1. The Hall–Kier alpha value is -3.81. The summed E-state index contributed by atoms with van der Waals surface area (Å²) in [5.74, 6) is -2.85. The SMILES string of the molecule is O=C(COC(=O)c1ccc2c(c1)C(=O)N(c1ccc(F)cc1)C2=O)NCCC1=CCCCC1. The number of ether oxygens (including phenoxy) is 1. The van der Waals surface area contributed by atoms with Crippen LogP contribution in [0.1, 0.15) is 63.2 Å². The van der Waals surface area contributed by atoms with Gasteiger partial charge in [-0.15, -0.1) is 0 Å². The van der Waals surface area contributed by atoms with Crippen LogP contribution in [0.15, 0.2) is 54.1 Å². The van der Waals surface area contributed by atoms with Crippen molar-refractivity contribution in [1.29, 1.82) is 0 Å². The predicted octanol–water partition coefficient (Wildman–Crippen LogP) is 3.79. The van der Waals surface area contributed by atoms with Crippen molar-refractivity contribution in [3.05, 3.63) is 76.6 Å². The lowest BCUT2D eigenvalue weighted by atomic mass is 9.97. The maximum absolute atomic E-state index is 13.2. The predicted molar refractivity (Wildman–Crippen MR) is 118 cm³/mol. The molecule has 2 aliphatic rings. The van der Waals surface area contributed by atoms with Gasteiger partial charge in [-0.3, -0.25) is 14.4 Å². The summed E-state index contributed by atoms with van der Waals surface area (Å²) in [7, 11) is 0. The van der Waals surface area contributed by atoms with Gasteiger partial charge < -0.3 is 10.1 Å². The number of carbonyl (C=O) groups is 4. The van der Waals surface area contributed by atoms with Crippen LogP contribution in [0.5, 0.6) is 0 Å². The quantitative estimate of drug-likeness (QED) is 0.394. The first-order valence-corrected chi connectivity index (χ1v) is 10.8. The van der Waals surface area contributed by atoms with Crippen molar-refractivity contribution in [1.82, 2.24) is 5.32 Å². The maximum atomic E-state index is 13.2. The molecular formula is C25H23FN2O5. The summed E-state index contributed by atoms with van der Waals surface area (Å²) in [5.41, 5.74) is 1.80. The number of fused-ring (bicyclic) bond motifs is 1. The monoisotopic (exact) mass is 450 g/mol. The van der Waals surface area contributed by atoms with Gasteiger partial charge in [0.05, 0.1) is 22.4 Å². The molecular weight excluding hydrogens is 427 g/mol. The van der Waals surface area contributed by atoms with Crippen molar-refractivity contribution >= 4 is 29.4 Å². The van der Waals surface area contributed by atoms with E-state index in [-0.39, 0.29) is 22.4 Å². The highest BCUT2D eigenvalue weighted by Gasteiger charge is 2.37. The number of esters is 1. The number of carbonyl (C=O) groups excluding carboxylic acids is 4. The van der Waals surface area contributed by atoms with E-state index in [4.69, 9.17) is 4.74 Å². The standard InChI is InChI=1S/C25H23FN2O5/c26-18-7-9-19(10-8-18)28-23(30)20-11-6-17(14-21(20)24(28)31)25(32)33-15-22(29)27-13-12-16-4-2-1-3-5-16/h4,6-11,14H,1-3,5,12-13,15H2,(H,27,29). The third kappa shape index (κ3) is 5.00. The van der Waals surface area contributed by atoms with E-state index in [1.807, 2.05) is 0 Å². The summed E-state index contributed by atoms with van der Waals surface area (Å²) in [4.78, 5) is 50.7. The fourth-order valence-corrected chi connectivity index (χ4v) is 3.95. The molecule has 7 nitrogen and oxygen atoms in total. The van der Waals surface area contributed by atoms with Gasteiger partial charge in [0.25, 0.3) is 17.7 Å². The highest BCUT2D eigenvalue weighted by atomic mass is 19.1. The van der Waals surface area contributed by atoms with Crippen molar-refractivity contribution in [2.75, 3.05) is 18.1 Å². The molecule has 0 aromatic heterocycles. The number of anilines is 1. The Labute approximate surface area is 190 Å². The minimum atomic E-state index is -0.775. The molecule has 0 unspecified atom stereocenters. The van der Waals surface area contributed by atoms with Gasteiger partial charge in [0.2, 0.25) is 0 Å². The molecule has 1 aliphatic heterocycles. The van der Waals surface area contributed by atoms with E-state index in [1.54, 1.807) is 0 Å². The fourth-order valence-electron chi connectivity index (χ4n) is 3.95. The minimum absolute atomic E-state index is 0.0454. The normalized spacial score (nSPS) is 15.2. The topological polar surface area (TPSA) is 92.8 Å². The number of nitrogens with zero attached hydrogens (tertiary/aromatic N) is 1. The van der Waals surface area contributed by atoms with Gasteiger partial charge in [-0.2, -0.15) is 0 Å². The van der Waals surface area contributed by atoms with Crippen LogP contribution in [-0.4, -0.2) is 36.8 Å². The summed E-state index contributed by atoms with van der Waals surface area (Å²) in [6, 6.07) is 8.97. The van der Waals surface area contributed by atoms with Gasteiger partial charge in [0.15, 0.2) is 6.61 Å². The van der Waals surface area contributed by atoms with Crippen LogP contribution in [0, 0.1) is 5.82 Å². The van der Waals surface area contributed by atoms with Gasteiger partial charge in [0.1, 0.15) is 5.82 Å². The average molecular weight is 450 g/mol. The number of hydrogen-bond donors (Lipinski definition) is 1. The molecule has 170 valence electrons. The molecule has 1 heterocycles. The van der Waals surface area contributed by atoms with Crippen molar-refractivity contribution < 1.29 is 28.3 Å². The molecule has 0 fully saturated rings. The first-order chi connectivity index (χ1) is 15.9. The molecule has 8 heteroatoms. The number of nitrogens with one attached hydrogen (secondary N) is 1. The second-order valence-electron chi connectivity index (χ2n) is 7.97. The van der Waals surface area contributed by atoms with E-state index in [0.717, 1.165) is 36.3 Å². The third-order valence-corrected chi connectivity index (χ3v) is 5.69. The molecule has 0 spiro atoms. The molecule has 4 rings (SSSR count). The first-order valence-electron chi connectivity index (χ1n) is 10.8. The lowest BCUT2D eigenvalue weighted by Crippen LogP contribution is -2.30. The van der Waals surface area contributed by atoms with Crippen molar-refractivity contribution in [3.63, 3.8) is 0 Å². The molecule has 3 amide bonds. The van der Waals surface area contributed by atoms with E-state index in [0.29, 0.717) is 6.54 Å². The van der Waals surface area contributed by atoms with Crippen LogP contribution in [0.3, 0.4) is 0 Å². The van der Waals surface area contributed by atoms with Crippen LogP contribution >= 0.6 is 0 Å². The highest BCUT2D eigenvalue weighted by molar-refractivity contribution is 6.34. The Bertz CT molecular complexity index is 1140. The zero-order chi connectivity index (χ0) is 23.4. The molecule has 2 aromatic carbocycles. The number of rotatable bonds is 7. The number of hydrogen-bond acceptors (Lipinski definition) is 5. The lowest BCUT2D eigenvalue weighted by Gasteiger charge is -2.13. The summed E-state index contributed by atoms with van der Waals surface area (Å²) in [6.07, 6.45) is 7.52. The summed E-state index contributed by atoms with van der Waals surface area (Å²) in [5, 5.41) is 2.73. The smallest absolute Gasteiger partial charge is 0.338 e. The van der Waals surface area contributed by atoms with E-state index in [1.165, 1.54) is 48.7 Å². The van der Waals surface area contributed by atoms with Gasteiger partial charge in [-0.1, -0.05) is 11.6 Å². The van der Waals surface area contributed by atoms with Crippen LogP contribution in [0.4, 0.5) is 10.1 Å². The lowest BCUT2D eigenvalue weighted by molar-refractivity contribution is -0.124. The number of imide groups is 1. The Morgan fingerprint density at radius 2 is 1.76 bits per heavy atom. The van der Waals surface area contributed by atoms with E-state index < -0.39 is 36.1 Å². The summed E-state index contributed by atoms with van der Waals surface area (Å²) in [6.45, 7) is 0.0421. The van der Waals surface area contributed by atoms with E-state index in [2.05, 4.69) is 11.4 Å². The Kier molecular flexibility index (Phi) is 6.63. The summed E-state index contributed by atoms with van der Waals surface area (Å²) >= 11 is 0. The third-order valence-electron chi connectivity index (χ3n) is 5.69. The van der Waals surface area contributed by atoms with E-state index >= 15 is 0 Å². The fraction of sp³-hybridized carbons (Fsp3) is 0.280. The van der Waals surface area contributed by atoms with Crippen molar-refractivity contribution in [3.8, 4) is 0 Å². The van der Waals surface area contributed by atoms with Gasteiger partial charge in [-0.05, 0) is 74.6 Å². The molecule has 1 aliphatic carbocycles. The highest BCUT2D eigenvalue weighted by Crippen LogP contribution is 2.29. The molecule has 0 saturated carbocycles. The average Bonchev–Trinajstić information content (AvgIpc) is 3.08. The molecule has 33 heavy (non-hydrogen) atoms. The molecule has 0 saturated heterocycles. The largest absolute Gasteiger partial charge is 0.452 e. The molecule has 0 bridgehead atoms. The van der Waals surface area contributed by atoms with Crippen molar-refractivity contribution in [2.45, 2.75) is 32.1 Å². The van der Waals surface area contributed by atoms with Crippen LogP contribution in [0.25, 0.3) is 0 Å². The molecule has 0 radical (unpaired) electrons. The zero-order valence-corrected chi connectivity index (χ0v) is 17.9. The van der Waals surface area contributed by atoms with Crippen LogP contribution in [0.2, 0.25) is 0 Å². The Balaban J connectivity index is 1.34. The van der Waals surface area contributed by atoms with Gasteiger partial charge >= 0.3 is 5.97 Å². The maximum Gasteiger partial charge on any atom is 0.338 e. The van der Waals surface area contributed by atoms with Crippen molar-refractivity contribution in [2.24, 2.45) is 0 Å². The minimum Gasteiger partial charge on any atom is -0.452 e. The second-order valence-corrected chi connectivity index (χ2v) is 7.97. The number of amides is 3. The first kappa shape index (κ1) is 22.4. The number of benzene rings is 2. The number of allylic oxidation sites excluding steroid dienone is 1. The molecule has 0 atom stereocenters. The molecule has 2 aromatic rings. The Morgan fingerprint density at radius 1 is 1.00 bits per heavy atom. The van der Waals surface area contributed by atoms with Crippen LogP contribution < -0.4 is 10.2 Å². The zero-order valence-electron chi connectivity index (χ0n) is 17.9. The van der Waals surface area contributed by atoms with Crippen LogP contribution in [-0.2, 0) is 9.53 Å². The van der Waals surface area contributed by atoms with Gasteiger partial charge in [0, 0.05) is 6.54 Å². The van der Waals surface area contributed by atoms with Gasteiger partial charge in [-0.25, -0.2) is 14.1 Å².